The number of carbonyl (C=O) groups excluding carboxylic acids is 1. The molecule has 0 bridgehead atoms. The highest BCUT2D eigenvalue weighted by atomic mass is 32.1. The van der Waals surface area contributed by atoms with Crippen LogP contribution in [0.15, 0.2) is 64.4 Å². The number of anilines is 1. The van der Waals surface area contributed by atoms with Crippen LogP contribution in [0.1, 0.15) is 10.4 Å². The van der Waals surface area contributed by atoms with Crippen molar-refractivity contribution in [3.63, 3.8) is 0 Å². The van der Waals surface area contributed by atoms with Gasteiger partial charge in [-0.3, -0.25) is 20.2 Å². The number of fused-ring (bicyclic) bond motifs is 1. The summed E-state index contributed by atoms with van der Waals surface area (Å²) in [6.45, 7) is 0. The first-order valence-corrected chi connectivity index (χ1v) is 8.48. The van der Waals surface area contributed by atoms with Gasteiger partial charge in [0, 0.05) is 28.5 Å². The predicted octanol–water partition coefficient (Wildman–Crippen LogP) is 4.72. The van der Waals surface area contributed by atoms with Crippen molar-refractivity contribution in [2.45, 2.75) is 0 Å². The Balaban J connectivity index is 1.52. The zero-order chi connectivity index (χ0) is 18.1. The van der Waals surface area contributed by atoms with Gasteiger partial charge in [0.25, 0.3) is 11.6 Å². The maximum absolute atomic E-state index is 12.2. The average Bonchev–Trinajstić information content (AvgIpc) is 3.28. The molecule has 0 unspecified atom stereocenters. The summed E-state index contributed by atoms with van der Waals surface area (Å²) in [6.07, 6.45) is 0. The Hall–Kier alpha value is -3.52. The van der Waals surface area contributed by atoms with Crippen LogP contribution in [0.4, 0.5) is 10.8 Å². The molecule has 1 N–H and O–H groups in total. The quantitative estimate of drug-likeness (QED) is 0.417. The van der Waals surface area contributed by atoms with Gasteiger partial charge < -0.3 is 4.42 Å². The van der Waals surface area contributed by atoms with Gasteiger partial charge in [-0.2, -0.15) is 0 Å². The highest BCUT2D eigenvalue weighted by Gasteiger charge is 2.14. The number of nitro benzene ring substituents is 1. The molecule has 0 radical (unpaired) electrons. The molecule has 2 aromatic carbocycles. The lowest BCUT2D eigenvalue weighted by Gasteiger charge is -2.01. The molecule has 0 spiro atoms. The Morgan fingerprint density at radius 2 is 1.92 bits per heavy atom. The molecule has 0 aliphatic carbocycles. The molecule has 26 heavy (non-hydrogen) atoms. The van der Waals surface area contributed by atoms with Crippen molar-refractivity contribution < 1.29 is 14.1 Å². The summed E-state index contributed by atoms with van der Waals surface area (Å²) < 4.78 is 5.76. The lowest BCUT2D eigenvalue weighted by Crippen LogP contribution is -2.11. The van der Waals surface area contributed by atoms with E-state index >= 15 is 0 Å². The fourth-order valence-electron chi connectivity index (χ4n) is 2.46. The van der Waals surface area contributed by atoms with E-state index in [0.29, 0.717) is 22.1 Å². The second-order valence-electron chi connectivity index (χ2n) is 5.44. The molecule has 0 aliphatic heterocycles. The van der Waals surface area contributed by atoms with Gasteiger partial charge in [-0.1, -0.05) is 18.2 Å². The van der Waals surface area contributed by atoms with Gasteiger partial charge >= 0.3 is 0 Å². The number of amides is 1. The summed E-state index contributed by atoms with van der Waals surface area (Å²) >= 11 is 1.27. The van der Waals surface area contributed by atoms with Crippen molar-refractivity contribution in [2.75, 3.05) is 5.32 Å². The molecule has 2 heterocycles. The minimum absolute atomic E-state index is 0.0667. The minimum atomic E-state index is -0.512. The van der Waals surface area contributed by atoms with Crippen LogP contribution in [-0.2, 0) is 0 Å². The smallest absolute Gasteiger partial charge is 0.269 e. The van der Waals surface area contributed by atoms with Crippen LogP contribution in [0.3, 0.4) is 0 Å². The number of aromatic nitrogens is 1. The minimum Gasteiger partial charge on any atom is -0.454 e. The Morgan fingerprint density at radius 1 is 1.15 bits per heavy atom. The number of benzene rings is 2. The number of hydrogen-bond acceptors (Lipinski definition) is 6. The molecular formula is C18H11N3O4S. The second kappa shape index (κ2) is 6.41. The number of thiazole rings is 1. The molecule has 0 atom stereocenters. The molecule has 4 rings (SSSR count). The molecule has 8 heteroatoms. The number of nitro groups is 1. The van der Waals surface area contributed by atoms with Crippen LogP contribution in [0.5, 0.6) is 0 Å². The summed E-state index contributed by atoms with van der Waals surface area (Å²) in [5.74, 6) is 0.240. The highest BCUT2D eigenvalue weighted by molar-refractivity contribution is 7.14. The maximum Gasteiger partial charge on any atom is 0.269 e. The third kappa shape index (κ3) is 3.05. The van der Waals surface area contributed by atoms with Gasteiger partial charge in [-0.25, -0.2) is 4.98 Å². The SMILES string of the molecule is O=C(Nc1nc(-c2cc3ccccc3o2)cs1)c1ccc([N+](=O)[O-])cc1. The summed E-state index contributed by atoms with van der Waals surface area (Å²) in [5, 5.41) is 16.5. The molecule has 2 aromatic heterocycles. The van der Waals surface area contributed by atoms with Gasteiger partial charge in [0.15, 0.2) is 10.9 Å². The Kier molecular flexibility index (Phi) is 3.94. The van der Waals surface area contributed by atoms with E-state index in [1.807, 2.05) is 30.3 Å². The number of nitrogens with one attached hydrogen (secondary N) is 1. The molecule has 128 valence electrons. The van der Waals surface area contributed by atoms with Crippen LogP contribution in [0.25, 0.3) is 22.4 Å². The zero-order valence-electron chi connectivity index (χ0n) is 13.2. The number of hydrogen-bond donors (Lipinski definition) is 1. The number of furan rings is 1. The standard InChI is InChI=1S/C18H11N3O4S/c22-17(11-5-7-13(8-6-11)21(23)24)20-18-19-14(10-26-18)16-9-12-3-1-2-4-15(12)25-16/h1-10H,(H,19,20,22). The zero-order valence-corrected chi connectivity index (χ0v) is 14.0. The monoisotopic (exact) mass is 365 g/mol. The third-order valence-corrected chi connectivity index (χ3v) is 4.50. The Labute approximate surface area is 151 Å². The number of nitrogens with zero attached hydrogens (tertiary/aromatic N) is 2. The van der Waals surface area contributed by atoms with E-state index in [1.165, 1.54) is 35.6 Å². The van der Waals surface area contributed by atoms with Crippen LogP contribution in [-0.4, -0.2) is 15.8 Å². The average molecular weight is 365 g/mol. The molecule has 7 nitrogen and oxygen atoms in total. The predicted molar refractivity (Wildman–Crippen MR) is 98.4 cm³/mol. The number of rotatable bonds is 4. The van der Waals surface area contributed by atoms with Crippen molar-refractivity contribution >= 4 is 39.0 Å². The van der Waals surface area contributed by atoms with E-state index in [1.54, 1.807) is 5.38 Å². The first-order valence-electron chi connectivity index (χ1n) is 7.60. The molecule has 0 saturated heterocycles. The van der Waals surface area contributed by atoms with E-state index in [9.17, 15) is 14.9 Å². The van der Waals surface area contributed by atoms with E-state index in [4.69, 9.17) is 4.42 Å². The normalized spacial score (nSPS) is 10.8. The molecule has 1 amide bonds. The number of carbonyl (C=O) groups is 1. The summed E-state index contributed by atoms with van der Waals surface area (Å²) in [5.41, 5.74) is 1.65. The van der Waals surface area contributed by atoms with E-state index in [-0.39, 0.29) is 11.6 Å². The number of non-ortho nitro benzene ring substituents is 1. The van der Waals surface area contributed by atoms with Gasteiger partial charge in [-0.15, -0.1) is 11.3 Å². The van der Waals surface area contributed by atoms with Crippen LogP contribution in [0.2, 0.25) is 0 Å². The van der Waals surface area contributed by atoms with Crippen molar-refractivity contribution in [1.29, 1.82) is 0 Å². The van der Waals surface area contributed by atoms with Crippen LogP contribution >= 0.6 is 11.3 Å². The third-order valence-electron chi connectivity index (χ3n) is 3.74. The summed E-state index contributed by atoms with van der Waals surface area (Å²) in [6, 6.07) is 14.9. The van der Waals surface area contributed by atoms with Crippen molar-refractivity contribution in [1.82, 2.24) is 4.98 Å². The van der Waals surface area contributed by atoms with E-state index < -0.39 is 4.92 Å². The number of para-hydroxylation sites is 1. The highest BCUT2D eigenvalue weighted by Crippen LogP contribution is 2.30. The summed E-state index contributed by atoms with van der Waals surface area (Å²) in [7, 11) is 0. The van der Waals surface area contributed by atoms with Crippen molar-refractivity contribution in [2.24, 2.45) is 0 Å². The largest absolute Gasteiger partial charge is 0.454 e. The molecular weight excluding hydrogens is 354 g/mol. The van der Waals surface area contributed by atoms with Gasteiger partial charge in [0.2, 0.25) is 0 Å². The van der Waals surface area contributed by atoms with Gasteiger partial charge in [0.1, 0.15) is 11.3 Å². The first kappa shape index (κ1) is 16.0. The molecule has 4 aromatic rings. The van der Waals surface area contributed by atoms with E-state index in [2.05, 4.69) is 10.3 Å². The molecule has 0 saturated carbocycles. The van der Waals surface area contributed by atoms with Crippen molar-refractivity contribution in [3.8, 4) is 11.5 Å². The molecule has 0 aliphatic rings. The van der Waals surface area contributed by atoms with Gasteiger partial charge in [-0.05, 0) is 24.3 Å². The van der Waals surface area contributed by atoms with Crippen molar-refractivity contribution in [3.05, 3.63) is 75.7 Å². The van der Waals surface area contributed by atoms with Crippen LogP contribution < -0.4 is 5.32 Å². The van der Waals surface area contributed by atoms with Crippen LogP contribution in [0, 0.1) is 10.1 Å². The Morgan fingerprint density at radius 3 is 2.65 bits per heavy atom. The summed E-state index contributed by atoms with van der Waals surface area (Å²) in [4.78, 5) is 26.8. The van der Waals surface area contributed by atoms with Gasteiger partial charge in [0.05, 0.1) is 4.92 Å². The fraction of sp³-hybridized carbons (Fsp3) is 0. The second-order valence-corrected chi connectivity index (χ2v) is 6.30. The lowest BCUT2D eigenvalue weighted by molar-refractivity contribution is -0.384. The van der Waals surface area contributed by atoms with E-state index in [0.717, 1.165) is 11.0 Å². The fourth-order valence-corrected chi connectivity index (χ4v) is 3.15. The maximum atomic E-state index is 12.2. The topological polar surface area (TPSA) is 98.3 Å². The lowest BCUT2D eigenvalue weighted by atomic mass is 10.2. The molecule has 0 fully saturated rings. The first-order chi connectivity index (χ1) is 12.6. The Bertz CT molecular complexity index is 1080.